The minimum absolute atomic E-state index is 0.159. The summed E-state index contributed by atoms with van der Waals surface area (Å²) in [5.41, 5.74) is 4.57. The molecular weight excluding hydrogens is 411 g/mol. The lowest BCUT2D eigenvalue weighted by molar-refractivity contribution is -0.123. The van der Waals surface area contributed by atoms with Crippen molar-refractivity contribution in [2.45, 2.75) is 19.9 Å². The van der Waals surface area contributed by atoms with E-state index >= 15 is 0 Å². The molecule has 0 fully saturated rings. The molecule has 0 spiro atoms. The van der Waals surface area contributed by atoms with Crippen molar-refractivity contribution in [2.75, 3.05) is 0 Å². The number of H-pyrrole nitrogens is 1. The number of aromatic nitrogens is 1. The monoisotopic (exact) mass is 430 g/mol. The summed E-state index contributed by atoms with van der Waals surface area (Å²) >= 11 is 11.9. The number of amides is 2. The molecule has 0 saturated carbocycles. The number of hydrogen-bond donors (Lipinski definition) is 3. The minimum Gasteiger partial charge on any atom is -0.361 e. The molecule has 2 aromatic carbocycles. The van der Waals surface area contributed by atoms with Crippen molar-refractivity contribution in [1.82, 2.24) is 15.7 Å². The van der Waals surface area contributed by atoms with Gasteiger partial charge in [0.25, 0.3) is 11.8 Å². The summed E-state index contributed by atoms with van der Waals surface area (Å²) in [5, 5.41) is 8.39. The molecule has 0 aliphatic rings. The average Bonchev–Trinajstić information content (AvgIpc) is 3.09. The number of rotatable bonds is 6. The van der Waals surface area contributed by atoms with Gasteiger partial charge in [-0.3, -0.25) is 9.59 Å². The first-order valence-electron chi connectivity index (χ1n) is 9.01. The van der Waals surface area contributed by atoms with Gasteiger partial charge in [0.05, 0.1) is 16.8 Å². The molecule has 29 heavy (non-hydrogen) atoms. The largest absolute Gasteiger partial charge is 0.361 e. The van der Waals surface area contributed by atoms with Crippen LogP contribution in [0, 0.1) is 5.92 Å². The van der Waals surface area contributed by atoms with E-state index in [-0.39, 0.29) is 16.5 Å². The zero-order valence-electron chi connectivity index (χ0n) is 15.9. The van der Waals surface area contributed by atoms with E-state index < -0.39 is 17.9 Å². The molecule has 1 atom stereocenters. The van der Waals surface area contributed by atoms with Crippen LogP contribution in [0.5, 0.6) is 0 Å². The molecule has 0 aliphatic heterocycles. The molecular formula is C21H20Cl2N4O2. The van der Waals surface area contributed by atoms with E-state index in [1.54, 1.807) is 12.3 Å². The van der Waals surface area contributed by atoms with Crippen molar-refractivity contribution in [1.29, 1.82) is 0 Å². The van der Waals surface area contributed by atoms with Crippen LogP contribution in [0.3, 0.4) is 0 Å². The molecule has 0 radical (unpaired) electrons. The molecule has 1 unspecified atom stereocenters. The lowest BCUT2D eigenvalue weighted by atomic mass is 10.0. The maximum atomic E-state index is 12.6. The van der Waals surface area contributed by atoms with Gasteiger partial charge < -0.3 is 10.3 Å². The maximum Gasteiger partial charge on any atom is 0.262 e. The number of nitrogens with one attached hydrogen (secondary N) is 3. The quantitative estimate of drug-likeness (QED) is 0.400. The SMILES string of the molecule is CC(C)C(NC(=O)c1ccc(Cl)cc1Cl)C(=O)N/N=C/c1c[nH]c2ccccc12. The number of hydrogen-bond acceptors (Lipinski definition) is 3. The van der Waals surface area contributed by atoms with Gasteiger partial charge in [0, 0.05) is 27.7 Å². The zero-order chi connectivity index (χ0) is 21.0. The molecule has 1 aromatic heterocycles. The van der Waals surface area contributed by atoms with Gasteiger partial charge in [-0.25, -0.2) is 5.43 Å². The molecule has 1 heterocycles. The Hall–Kier alpha value is -2.83. The number of nitrogens with zero attached hydrogens (tertiary/aromatic N) is 1. The van der Waals surface area contributed by atoms with Crippen LogP contribution >= 0.6 is 23.2 Å². The lowest BCUT2D eigenvalue weighted by Crippen LogP contribution is -2.48. The molecule has 0 bridgehead atoms. The molecule has 3 N–H and O–H groups in total. The fourth-order valence-corrected chi connectivity index (χ4v) is 3.36. The molecule has 2 amide bonds. The van der Waals surface area contributed by atoms with Gasteiger partial charge in [-0.05, 0) is 30.2 Å². The second-order valence-corrected chi connectivity index (χ2v) is 7.69. The number of aromatic amines is 1. The van der Waals surface area contributed by atoms with Crippen molar-refractivity contribution < 1.29 is 9.59 Å². The summed E-state index contributed by atoms with van der Waals surface area (Å²) in [4.78, 5) is 28.3. The Labute approximate surface area is 178 Å². The first-order valence-corrected chi connectivity index (χ1v) is 9.77. The van der Waals surface area contributed by atoms with E-state index in [9.17, 15) is 9.59 Å². The van der Waals surface area contributed by atoms with E-state index in [1.165, 1.54) is 12.1 Å². The van der Waals surface area contributed by atoms with Gasteiger partial charge in [0.15, 0.2) is 0 Å². The number of hydrazone groups is 1. The van der Waals surface area contributed by atoms with Gasteiger partial charge in [-0.2, -0.15) is 5.10 Å². The van der Waals surface area contributed by atoms with Crippen molar-refractivity contribution in [3.63, 3.8) is 0 Å². The molecule has 150 valence electrons. The molecule has 0 aliphatic carbocycles. The second kappa shape index (κ2) is 9.11. The van der Waals surface area contributed by atoms with E-state index in [0.29, 0.717) is 5.02 Å². The maximum absolute atomic E-state index is 12.6. The van der Waals surface area contributed by atoms with Crippen LogP contribution in [0.1, 0.15) is 29.8 Å². The molecule has 6 nitrogen and oxygen atoms in total. The summed E-state index contributed by atoms with van der Waals surface area (Å²) in [6.45, 7) is 3.66. The Balaban J connectivity index is 1.68. The van der Waals surface area contributed by atoms with Crippen LogP contribution in [-0.2, 0) is 4.79 Å². The standard InChI is InChI=1S/C21H20Cl2N4O2/c1-12(2)19(26-20(28)16-8-7-14(22)9-17(16)23)21(29)27-25-11-13-10-24-18-6-4-3-5-15(13)18/h3-12,19,24H,1-2H3,(H,26,28)(H,27,29)/b25-11+. The number of fused-ring (bicyclic) bond motifs is 1. The molecule has 3 rings (SSSR count). The van der Waals surface area contributed by atoms with E-state index in [0.717, 1.165) is 16.5 Å². The van der Waals surface area contributed by atoms with E-state index in [1.807, 2.05) is 44.3 Å². The van der Waals surface area contributed by atoms with Crippen LogP contribution in [0.2, 0.25) is 10.0 Å². The van der Waals surface area contributed by atoms with Crippen LogP contribution < -0.4 is 10.7 Å². The molecule has 8 heteroatoms. The third-order valence-corrected chi connectivity index (χ3v) is 4.96. The average molecular weight is 431 g/mol. The number of benzene rings is 2. The van der Waals surface area contributed by atoms with Crippen LogP contribution in [0.15, 0.2) is 53.8 Å². The van der Waals surface area contributed by atoms with E-state index in [4.69, 9.17) is 23.2 Å². The highest BCUT2D eigenvalue weighted by atomic mass is 35.5. The Morgan fingerprint density at radius 3 is 2.62 bits per heavy atom. The number of carbonyl (C=O) groups is 2. The summed E-state index contributed by atoms with van der Waals surface area (Å²) in [5.74, 6) is -1.04. The summed E-state index contributed by atoms with van der Waals surface area (Å²) in [6, 6.07) is 11.6. The van der Waals surface area contributed by atoms with Crippen molar-refractivity contribution in [2.24, 2.45) is 11.0 Å². The highest BCUT2D eigenvalue weighted by molar-refractivity contribution is 6.36. The highest BCUT2D eigenvalue weighted by Crippen LogP contribution is 2.21. The second-order valence-electron chi connectivity index (χ2n) is 6.84. The fraction of sp³-hybridized carbons (Fsp3) is 0.190. The smallest absolute Gasteiger partial charge is 0.262 e. The van der Waals surface area contributed by atoms with Crippen LogP contribution in [0.25, 0.3) is 10.9 Å². The summed E-state index contributed by atoms with van der Waals surface area (Å²) in [7, 11) is 0. The predicted octanol–water partition coefficient (Wildman–Crippen LogP) is 4.38. The van der Waals surface area contributed by atoms with Gasteiger partial charge in [0.1, 0.15) is 6.04 Å². The molecule has 3 aromatic rings. The van der Waals surface area contributed by atoms with Gasteiger partial charge >= 0.3 is 0 Å². The summed E-state index contributed by atoms with van der Waals surface area (Å²) < 4.78 is 0. The topological polar surface area (TPSA) is 86.3 Å². The third-order valence-electron chi connectivity index (χ3n) is 4.41. The van der Waals surface area contributed by atoms with Crippen LogP contribution in [0.4, 0.5) is 0 Å². The third kappa shape index (κ3) is 4.96. The van der Waals surface area contributed by atoms with Crippen molar-refractivity contribution in [3.8, 4) is 0 Å². The van der Waals surface area contributed by atoms with E-state index in [2.05, 4.69) is 20.8 Å². The van der Waals surface area contributed by atoms with Crippen molar-refractivity contribution >= 4 is 52.1 Å². The Morgan fingerprint density at radius 2 is 1.90 bits per heavy atom. The summed E-state index contributed by atoms with van der Waals surface area (Å²) in [6.07, 6.45) is 3.37. The van der Waals surface area contributed by atoms with Crippen LogP contribution in [-0.4, -0.2) is 29.1 Å². The van der Waals surface area contributed by atoms with Gasteiger partial charge in [-0.1, -0.05) is 55.2 Å². The van der Waals surface area contributed by atoms with Gasteiger partial charge in [0.2, 0.25) is 0 Å². The lowest BCUT2D eigenvalue weighted by Gasteiger charge is -2.20. The van der Waals surface area contributed by atoms with Gasteiger partial charge in [-0.15, -0.1) is 0 Å². The fourth-order valence-electron chi connectivity index (χ4n) is 2.86. The first-order chi connectivity index (χ1) is 13.9. The Morgan fingerprint density at radius 1 is 1.14 bits per heavy atom. The number of carbonyl (C=O) groups excluding carboxylic acids is 2. The number of para-hydroxylation sites is 1. The van der Waals surface area contributed by atoms with Crippen molar-refractivity contribution in [3.05, 3.63) is 69.8 Å². The predicted molar refractivity (Wildman–Crippen MR) is 117 cm³/mol. The molecule has 0 saturated heterocycles. The highest BCUT2D eigenvalue weighted by Gasteiger charge is 2.25. The zero-order valence-corrected chi connectivity index (χ0v) is 17.4. The Bertz CT molecular complexity index is 1080. The first kappa shape index (κ1) is 20.9. The number of halogens is 2. The Kier molecular flexibility index (Phi) is 6.56. The minimum atomic E-state index is -0.783. The normalized spacial score (nSPS) is 12.4.